The number of hydrogen-bond donors (Lipinski definition) is 1. The molecule has 0 saturated carbocycles. The number of amides is 1. The van der Waals surface area contributed by atoms with Crippen molar-refractivity contribution >= 4 is 34.8 Å². The molecular weight excluding hydrogens is 435 g/mol. The minimum atomic E-state index is -0.449. The Morgan fingerprint density at radius 2 is 1.71 bits per heavy atom. The number of nitrogens with zero attached hydrogens (tertiary/aromatic N) is 3. The number of carbonyl (C=O) groups excluding carboxylic acids is 1. The third-order valence-electron chi connectivity index (χ3n) is 4.37. The van der Waals surface area contributed by atoms with E-state index >= 15 is 0 Å². The predicted molar refractivity (Wildman–Crippen MR) is 122 cm³/mol. The molecule has 1 aromatic heterocycles. The minimum Gasteiger partial charge on any atom is -0.494 e. The predicted octanol–water partition coefficient (Wildman–Crippen LogP) is 5.89. The topological polar surface area (TPSA) is 69.0 Å². The van der Waals surface area contributed by atoms with E-state index in [1.807, 2.05) is 43.3 Å². The average molecular weight is 453 g/mol. The fraction of sp³-hybridized carbons (Fsp3) is 0.0870. The van der Waals surface area contributed by atoms with Crippen molar-refractivity contribution in [2.45, 2.75) is 6.92 Å². The van der Waals surface area contributed by atoms with Crippen LogP contribution in [0.4, 0.5) is 5.69 Å². The number of carbonyl (C=O) groups is 1. The van der Waals surface area contributed by atoms with Crippen LogP contribution in [-0.2, 0) is 0 Å². The molecule has 4 rings (SSSR count). The molecule has 8 heteroatoms. The lowest BCUT2D eigenvalue weighted by Gasteiger charge is -2.08. The first-order valence-electron chi connectivity index (χ1n) is 9.56. The maximum atomic E-state index is 12.8. The van der Waals surface area contributed by atoms with E-state index in [9.17, 15) is 4.79 Å². The number of benzene rings is 3. The molecule has 1 N–H and O–H groups in total. The van der Waals surface area contributed by atoms with Crippen LogP contribution in [0.15, 0.2) is 72.8 Å². The van der Waals surface area contributed by atoms with Gasteiger partial charge in [0, 0.05) is 21.3 Å². The van der Waals surface area contributed by atoms with E-state index in [0.717, 1.165) is 17.0 Å². The van der Waals surface area contributed by atoms with Gasteiger partial charge < -0.3 is 10.1 Å². The van der Waals surface area contributed by atoms with Crippen molar-refractivity contribution in [3.8, 4) is 22.8 Å². The van der Waals surface area contributed by atoms with Crippen LogP contribution in [0, 0.1) is 0 Å². The maximum absolute atomic E-state index is 12.8. The fourth-order valence-electron chi connectivity index (χ4n) is 3.01. The van der Waals surface area contributed by atoms with Crippen molar-refractivity contribution in [1.29, 1.82) is 0 Å². The van der Waals surface area contributed by atoms with Gasteiger partial charge in [-0.2, -0.15) is 0 Å². The van der Waals surface area contributed by atoms with E-state index < -0.39 is 5.91 Å². The van der Waals surface area contributed by atoms with E-state index in [1.54, 1.807) is 41.1 Å². The van der Waals surface area contributed by atoms with Crippen molar-refractivity contribution in [1.82, 2.24) is 14.8 Å². The summed E-state index contributed by atoms with van der Waals surface area (Å²) < 4.78 is 7.11. The van der Waals surface area contributed by atoms with E-state index in [0.29, 0.717) is 28.2 Å². The van der Waals surface area contributed by atoms with Gasteiger partial charge in [-0.15, -0.1) is 5.10 Å². The monoisotopic (exact) mass is 452 g/mol. The molecule has 0 bridgehead atoms. The smallest absolute Gasteiger partial charge is 0.295 e. The molecule has 3 aromatic carbocycles. The molecule has 0 radical (unpaired) electrons. The summed E-state index contributed by atoms with van der Waals surface area (Å²) in [6.45, 7) is 2.50. The van der Waals surface area contributed by atoms with Crippen LogP contribution in [0.2, 0.25) is 10.0 Å². The minimum absolute atomic E-state index is 0.0174. The number of nitrogens with one attached hydrogen (secondary N) is 1. The quantitative estimate of drug-likeness (QED) is 0.395. The van der Waals surface area contributed by atoms with Crippen LogP contribution in [0.5, 0.6) is 5.75 Å². The highest BCUT2D eigenvalue weighted by Gasteiger charge is 2.19. The molecule has 4 aromatic rings. The Labute approximate surface area is 189 Å². The van der Waals surface area contributed by atoms with Crippen molar-refractivity contribution in [2.24, 2.45) is 0 Å². The first kappa shape index (κ1) is 20.9. The second kappa shape index (κ2) is 9.20. The van der Waals surface area contributed by atoms with Gasteiger partial charge in [0.2, 0.25) is 5.82 Å². The molecule has 31 heavy (non-hydrogen) atoms. The number of anilines is 1. The zero-order valence-electron chi connectivity index (χ0n) is 16.5. The lowest BCUT2D eigenvalue weighted by atomic mass is 10.2. The third-order valence-corrected chi connectivity index (χ3v) is 4.84. The Kier molecular flexibility index (Phi) is 6.21. The molecule has 0 aliphatic carbocycles. The SMILES string of the molecule is CCOc1ccc(-n2nc(C(=O)Nc3cccc(Cl)c3)nc2-c2cccc(Cl)c2)cc1. The number of hydrogen-bond acceptors (Lipinski definition) is 4. The zero-order valence-corrected chi connectivity index (χ0v) is 18.1. The fourth-order valence-corrected chi connectivity index (χ4v) is 3.39. The highest BCUT2D eigenvalue weighted by atomic mass is 35.5. The second-order valence-electron chi connectivity index (χ2n) is 6.57. The summed E-state index contributed by atoms with van der Waals surface area (Å²) in [6.07, 6.45) is 0. The van der Waals surface area contributed by atoms with E-state index in [2.05, 4.69) is 15.4 Å². The maximum Gasteiger partial charge on any atom is 0.295 e. The van der Waals surface area contributed by atoms with Crippen LogP contribution in [0.1, 0.15) is 17.5 Å². The van der Waals surface area contributed by atoms with Crippen molar-refractivity contribution < 1.29 is 9.53 Å². The number of aromatic nitrogens is 3. The average Bonchev–Trinajstić information content (AvgIpc) is 3.20. The van der Waals surface area contributed by atoms with Gasteiger partial charge in [-0.1, -0.05) is 41.4 Å². The molecule has 0 aliphatic rings. The molecule has 0 spiro atoms. The molecule has 1 heterocycles. The van der Waals surface area contributed by atoms with Gasteiger partial charge in [-0.05, 0) is 61.5 Å². The molecule has 0 atom stereocenters. The number of ether oxygens (including phenoxy) is 1. The summed E-state index contributed by atoms with van der Waals surface area (Å²) in [5.41, 5.74) is 2.02. The Bertz CT molecular complexity index is 1220. The zero-order chi connectivity index (χ0) is 21.8. The summed E-state index contributed by atoms with van der Waals surface area (Å²) in [5.74, 6) is 0.802. The van der Waals surface area contributed by atoms with Crippen molar-refractivity contribution in [3.05, 3.63) is 88.7 Å². The van der Waals surface area contributed by atoms with Crippen LogP contribution in [0.3, 0.4) is 0 Å². The van der Waals surface area contributed by atoms with E-state index in [-0.39, 0.29) is 5.82 Å². The van der Waals surface area contributed by atoms with E-state index in [1.165, 1.54) is 0 Å². The molecule has 1 amide bonds. The highest BCUT2D eigenvalue weighted by molar-refractivity contribution is 6.31. The lowest BCUT2D eigenvalue weighted by Crippen LogP contribution is -2.14. The standard InChI is InChI=1S/C23H18Cl2N4O2/c1-2-31-20-11-9-19(10-12-20)29-22(15-5-3-6-16(24)13-15)27-21(28-29)23(30)26-18-8-4-7-17(25)14-18/h3-14H,2H2,1H3,(H,26,30). The van der Waals surface area contributed by atoms with Gasteiger partial charge in [0.15, 0.2) is 5.82 Å². The summed E-state index contributed by atoms with van der Waals surface area (Å²) in [6, 6.07) is 21.5. The van der Waals surface area contributed by atoms with Crippen molar-refractivity contribution in [3.63, 3.8) is 0 Å². The van der Waals surface area contributed by atoms with Crippen LogP contribution in [0.25, 0.3) is 17.1 Å². The summed E-state index contributed by atoms with van der Waals surface area (Å²) in [4.78, 5) is 17.3. The summed E-state index contributed by atoms with van der Waals surface area (Å²) >= 11 is 12.2. The first-order chi connectivity index (χ1) is 15.0. The van der Waals surface area contributed by atoms with Gasteiger partial charge in [-0.25, -0.2) is 9.67 Å². The van der Waals surface area contributed by atoms with Gasteiger partial charge in [-0.3, -0.25) is 4.79 Å². The van der Waals surface area contributed by atoms with Crippen LogP contribution in [-0.4, -0.2) is 27.3 Å². The molecule has 6 nitrogen and oxygen atoms in total. The molecule has 0 fully saturated rings. The van der Waals surface area contributed by atoms with Gasteiger partial charge in [0.1, 0.15) is 5.75 Å². The van der Waals surface area contributed by atoms with E-state index in [4.69, 9.17) is 27.9 Å². The lowest BCUT2D eigenvalue weighted by molar-refractivity contribution is 0.101. The van der Waals surface area contributed by atoms with Gasteiger partial charge in [0.05, 0.1) is 12.3 Å². The Morgan fingerprint density at radius 1 is 1.00 bits per heavy atom. The normalized spacial score (nSPS) is 10.7. The van der Waals surface area contributed by atoms with Crippen LogP contribution >= 0.6 is 23.2 Å². The Hall–Kier alpha value is -3.35. The Morgan fingerprint density at radius 3 is 2.39 bits per heavy atom. The Balaban J connectivity index is 1.73. The van der Waals surface area contributed by atoms with Crippen LogP contribution < -0.4 is 10.1 Å². The molecular formula is C23H18Cl2N4O2. The molecule has 0 aliphatic heterocycles. The molecule has 0 unspecified atom stereocenters. The molecule has 156 valence electrons. The highest BCUT2D eigenvalue weighted by Crippen LogP contribution is 2.25. The third kappa shape index (κ3) is 4.87. The second-order valence-corrected chi connectivity index (χ2v) is 7.45. The molecule has 0 saturated heterocycles. The van der Waals surface area contributed by atoms with Gasteiger partial charge >= 0.3 is 0 Å². The number of halogens is 2. The van der Waals surface area contributed by atoms with Crippen molar-refractivity contribution in [2.75, 3.05) is 11.9 Å². The largest absolute Gasteiger partial charge is 0.494 e. The summed E-state index contributed by atoms with van der Waals surface area (Å²) in [7, 11) is 0. The first-order valence-corrected chi connectivity index (χ1v) is 10.3. The summed E-state index contributed by atoms with van der Waals surface area (Å²) in [5, 5.41) is 8.31. The number of rotatable bonds is 6. The van der Waals surface area contributed by atoms with Gasteiger partial charge in [0.25, 0.3) is 5.91 Å².